The summed E-state index contributed by atoms with van der Waals surface area (Å²) in [7, 11) is 0. The van der Waals surface area contributed by atoms with Crippen molar-refractivity contribution in [3.8, 4) is 0 Å². The van der Waals surface area contributed by atoms with Crippen LogP contribution in [0.3, 0.4) is 0 Å². The van der Waals surface area contributed by atoms with Gasteiger partial charge in [-0.2, -0.15) is 11.3 Å². The van der Waals surface area contributed by atoms with Gasteiger partial charge in [0.25, 0.3) is 0 Å². The lowest BCUT2D eigenvalue weighted by Crippen LogP contribution is -2.36. The summed E-state index contributed by atoms with van der Waals surface area (Å²) in [5, 5.41) is 13.9. The molecule has 0 saturated carbocycles. The van der Waals surface area contributed by atoms with Crippen molar-refractivity contribution in [1.82, 2.24) is 0 Å². The lowest BCUT2D eigenvalue weighted by atomic mass is 10.0. The Balaban J connectivity index is 2.30. The van der Waals surface area contributed by atoms with E-state index in [4.69, 9.17) is 5.73 Å². The fourth-order valence-corrected chi connectivity index (χ4v) is 2.13. The molecule has 1 unspecified atom stereocenters. The first-order chi connectivity index (χ1) is 6.74. The maximum Gasteiger partial charge on any atom is 0.0694 e. The summed E-state index contributed by atoms with van der Waals surface area (Å²) >= 11 is 1.67. The van der Waals surface area contributed by atoms with E-state index >= 15 is 0 Å². The molecule has 0 aliphatic carbocycles. The third-order valence-corrected chi connectivity index (χ3v) is 3.13. The molecule has 80 valence electrons. The first kappa shape index (κ1) is 11.7. The van der Waals surface area contributed by atoms with Gasteiger partial charge in [-0.05, 0) is 35.2 Å². The predicted molar refractivity (Wildman–Crippen MR) is 61.5 cm³/mol. The summed E-state index contributed by atoms with van der Waals surface area (Å²) < 4.78 is 0. The second-order valence-electron chi connectivity index (χ2n) is 3.71. The second-order valence-corrected chi connectivity index (χ2v) is 4.49. The average molecular weight is 213 g/mol. The molecular formula is C11H19NOS. The minimum absolute atomic E-state index is 0.115. The Morgan fingerprint density at radius 3 is 2.93 bits per heavy atom. The minimum Gasteiger partial charge on any atom is -0.392 e. The smallest absolute Gasteiger partial charge is 0.0694 e. The molecule has 0 spiro atoms. The highest BCUT2D eigenvalue weighted by atomic mass is 32.1. The number of aliphatic hydroxyl groups is 1. The highest BCUT2D eigenvalue weighted by Gasteiger charge is 2.14. The van der Waals surface area contributed by atoms with E-state index in [9.17, 15) is 5.11 Å². The first-order valence-electron chi connectivity index (χ1n) is 5.18. The second kappa shape index (κ2) is 6.17. The molecule has 3 heteroatoms. The Labute approximate surface area is 89.8 Å². The van der Waals surface area contributed by atoms with E-state index in [2.05, 4.69) is 18.4 Å². The van der Waals surface area contributed by atoms with Crippen molar-refractivity contribution in [2.24, 2.45) is 5.73 Å². The van der Waals surface area contributed by atoms with E-state index in [1.807, 2.05) is 5.38 Å². The van der Waals surface area contributed by atoms with Crippen LogP contribution in [-0.2, 0) is 6.42 Å². The van der Waals surface area contributed by atoms with E-state index < -0.39 is 0 Å². The van der Waals surface area contributed by atoms with Crippen molar-refractivity contribution in [2.45, 2.75) is 44.8 Å². The van der Waals surface area contributed by atoms with Crippen molar-refractivity contribution >= 4 is 11.3 Å². The summed E-state index contributed by atoms with van der Waals surface area (Å²) in [4.78, 5) is 0. The zero-order chi connectivity index (χ0) is 10.4. The quantitative estimate of drug-likeness (QED) is 0.760. The number of hydrogen-bond donors (Lipinski definition) is 2. The van der Waals surface area contributed by atoms with Crippen molar-refractivity contribution in [1.29, 1.82) is 0 Å². The average Bonchev–Trinajstić information content (AvgIpc) is 2.66. The van der Waals surface area contributed by atoms with Crippen LogP contribution in [0.4, 0.5) is 0 Å². The Morgan fingerprint density at radius 2 is 2.36 bits per heavy atom. The molecule has 0 bridgehead atoms. The lowest BCUT2D eigenvalue weighted by molar-refractivity contribution is 0.132. The van der Waals surface area contributed by atoms with E-state index in [1.54, 1.807) is 11.3 Å². The fourth-order valence-electron chi connectivity index (χ4n) is 1.44. The Bertz CT molecular complexity index is 235. The first-order valence-corrected chi connectivity index (χ1v) is 6.13. The normalized spacial score (nSPS) is 15.4. The number of unbranched alkanes of at least 4 members (excludes halogenated alkanes) is 1. The zero-order valence-electron chi connectivity index (χ0n) is 8.65. The molecule has 3 N–H and O–H groups in total. The third-order valence-electron chi connectivity index (χ3n) is 2.40. The number of aliphatic hydroxyl groups excluding tert-OH is 1. The topological polar surface area (TPSA) is 46.2 Å². The van der Waals surface area contributed by atoms with Gasteiger partial charge in [0.05, 0.1) is 6.10 Å². The summed E-state index contributed by atoms with van der Waals surface area (Å²) in [6.45, 7) is 2.12. The van der Waals surface area contributed by atoms with Gasteiger partial charge >= 0.3 is 0 Å². The molecule has 0 aliphatic rings. The van der Waals surface area contributed by atoms with Crippen LogP contribution in [0.2, 0.25) is 0 Å². The summed E-state index contributed by atoms with van der Waals surface area (Å²) in [5.41, 5.74) is 7.14. The molecule has 0 saturated heterocycles. The van der Waals surface area contributed by atoms with Gasteiger partial charge < -0.3 is 10.8 Å². The van der Waals surface area contributed by atoms with E-state index in [-0.39, 0.29) is 12.1 Å². The molecule has 0 amide bonds. The SMILES string of the molecule is CCCC[C@H](O)C(N)Cc1ccsc1. The van der Waals surface area contributed by atoms with Gasteiger partial charge in [0.15, 0.2) is 0 Å². The molecule has 14 heavy (non-hydrogen) atoms. The van der Waals surface area contributed by atoms with Crippen LogP contribution < -0.4 is 5.73 Å². The van der Waals surface area contributed by atoms with Crippen LogP contribution >= 0.6 is 11.3 Å². The maximum absolute atomic E-state index is 9.73. The summed E-state index contributed by atoms with van der Waals surface area (Å²) in [6, 6.07) is 1.95. The van der Waals surface area contributed by atoms with Crippen molar-refractivity contribution < 1.29 is 5.11 Å². The van der Waals surface area contributed by atoms with Gasteiger partial charge in [0, 0.05) is 6.04 Å². The summed E-state index contributed by atoms with van der Waals surface area (Å²) in [6.07, 6.45) is 3.42. The maximum atomic E-state index is 9.73. The van der Waals surface area contributed by atoms with Gasteiger partial charge in [-0.1, -0.05) is 19.8 Å². The molecule has 1 heterocycles. The molecule has 0 aliphatic heterocycles. The van der Waals surface area contributed by atoms with Crippen molar-refractivity contribution in [3.05, 3.63) is 22.4 Å². The van der Waals surface area contributed by atoms with Crippen LogP contribution in [0, 0.1) is 0 Å². The predicted octanol–water partition coefficient (Wildman–Crippen LogP) is 2.17. The molecule has 0 radical (unpaired) electrons. The highest BCUT2D eigenvalue weighted by Crippen LogP contribution is 2.11. The monoisotopic (exact) mass is 213 g/mol. The number of hydrogen-bond acceptors (Lipinski definition) is 3. The van der Waals surface area contributed by atoms with Crippen LogP contribution in [-0.4, -0.2) is 17.3 Å². The van der Waals surface area contributed by atoms with E-state index in [1.165, 1.54) is 5.56 Å². The molecule has 2 nitrogen and oxygen atoms in total. The van der Waals surface area contributed by atoms with Gasteiger partial charge in [0.2, 0.25) is 0 Å². The molecular weight excluding hydrogens is 194 g/mol. The molecule has 0 aromatic carbocycles. The third kappa shape index (κ3) is 3.78. The highest BCUT2D eigenvalue weighted by molar-refractivity contribution is 7.07. The standard InChI is InChI=1S/C11H19NOS/c1-2-3-4-11(13)10(12)7-9-5-6-14-8-9/h5-6,8,10-11,13H,2-4,7,12H2,1H3/t10?,11-/m0/s1. The summed E-state index contributed by atoms with van der Waals surface area (Å²) in [5.74, 6) is 0. The minimum atomic E-state index is -0.352. The molecule has 1 rings (SSSR count). The van der Waals surface area contributed by atoms with Crippen LogP contribution in [0.5, 0.6) is 0 Å². The van der Waals surface area contributed by atoms with Crippen LogP contribution in [0.25, 0.3) is 0 Å². The fraction of sp³-hybridized carbons (Fsp3) is 0.636. The molecule has 2 atom stereocenters. The van der Waals surface area contributed by atoms with Gasteiger partial charge in [-0.15, -0.1) is 0 Å². The Kier molecular flexibility index (Phi) is 5.15. The lowest BCUT2D eigenvalue weighted by Gasteiger charge is -2.17. The van der Waals surface area contributed by atoms with Gasteiger partial charge in [0.1, 0.15) is 0 Å². The van der Waals surface area contributed by atoms with Crippen LogP contribution in [0.15, 0.2) is 16.8 Å². The van der Waals surface area contributed by atoms with Crippen molar-refractivity contribution in [2.75, 3.05) is 0 Å². The largest absolute Gasteiger partial charge is 0.392 e. The van der Waals surface area contributed by atoms with Gasteiger partial charge in [-0.25, -0.2) is 0 Å². The van der Waals surface area contributed by atoms with Crippen molar-refractivity contribution in [3.63, 3.8) is 0 Å². The number of rotatable bonds is 6. The molecule has 0 fully saturated rings. The molecule has 1 aromatic heterocycles. The Hall–Kier alpha value is -0.380. The molecule has 1 aromatic rings. The van der Waals surface area contributed by atoms with E-state index in [0.29, 0.717) is 0 Å². The van der Waals surface area contributed by atoms with E-state index in [0.717, 1.165) is 25.7 Å². The number of thiophene rings is 1. The van der Waals surface area contributed by atoms with Gasteiger partial charge in [-0.3, -0.25) is 0 Å². The zero-order valence-corrected chi connectivity index (χ0v) is 9.46. The Morgan fingerprint density at radius 1 is 1.57 bits per heavy atom. The number of nitrogens with two attached hydrogens (primary N) is 1. The van der Waals surface area contributed by atoms with Crippen LogP contribution in [0.1, 0.15) is 31.7 Å².